The van der Waals surface area contributed by atoms with Crippen LogP contribution in [-0.2, 0) is 9.59 Å². The lowest BCUT2D eigenvalue weighted by Gasteiger charge is -2.23. The predicted molar refractivity (Wildman–Crippen MR) is 129 cm³/mol. The molecule has 4 rings (SSSR count). The molecule has 3 aromatic rings. The molecule has 1 aliphatic heterocycles. The number of rotatable bonds is 8. The summed E-state index contributed by atoms with van der Waals surface area (Å²) >= 11 is 1.20. The van der Waals surface area contributed by atoms with Gasteiger partial charge in [0.2, 0.25) is 5.13 Å². The molecular weight excluding hydrogens is 454 g/mol. The number of amides is 1. The predicted octanol–water partition coefficient (Wildman–Crippen LogP) is 4.66. The number of aryl methyl sites for hydroxylation is 1. The van der Waals surface area contributed by atoms with Crippen LogP contribution in [0.2, 0.25) is 0 Å². The largest absolute Gasteiger partial charge is 0.507 e. The Morgan fingerprint density at radius 2 is 1.82 bits per heavy atom. The van der Waals surface area contributed by atoms with Gasteiger partial charge in [-0.05, 0) is 62.2 Å². The fourth-order valence-electron chi connectivity index (χ4n) is 3.75. The molecule has 176 valence electrons. The van der Waals surface area contributed by atoms with Crippen LogP contribution in [0.3, 0.4) is 0 Å². The number of aliphatic hydroxyl groups excluding tert-OH is 1. The number of hydrogen-bond acceptors (Lipinski definition) is 8. The summed E-state index contributed by atoms with van der Waals surface area (Å²) in [5.41, 5.74) is 1.00. The van der Waals surface area contributed by atoms with Gasteiger partial charge in [-0.2, -0.15) is 0 Å². The van der Waals surface area contributed by atoms with E-state index in [1.807, 2.05) is 19.9 Å². The number of anilines is 1. The first kappa shape index (κ1) is 23.4. The minimum Gasteiger partial charge on any atom is -0.507 e. The van der Waals surface area contributed by atoms with Gasteiger partial charge < -0.3 is 14.6 Å². The molecule has 0 aliphatic carbocycles. The molecule has 1 amide bonds. The van der Waals surface area contributed by atoms with Crippen molar-refractivity contribution in [2.75, 3.05) is 18.1 Å². The van der Waals surface area contributed by atoms with Crippen molar-refractivity contribution in [2.45, 2.75) is 33.2 Å². The fourth-order valence-corrected chi connectivity index (χ4v) is 4.47. The van der Waals surface area contributed by atoms with Crippen molar-refractivity contribution in [1.82, 2.24) is 10.2 Å². The van der Waals surface area contributed by atoms with E-state index in [9.17, 15) is 14.7 Å². The third-order valence-corrected chi connectivity index (χ3v) is 6.09. The number of ether oxygens (including phenoxy) is 2. The van der Waals surface area contributed by atoms with Gasteiger partial charge in [0.25, 0.3) is 5.78 Å². The summed E-state index contributed by atoms with van der Waals surface area (Å²) < 4.78 is 11.2. The lowest BCUT2D eigenvalue weighted by Crippen LogP contribution is -2.29. The Labute approximate surface area is 201 Å². The molecule has 0 radical (unpaired) electrons. The van der Waals surface area contributed by atoms with E-state index in [0.29, 0.717) is 40.8 Å². The highest BCUT2D eigenvalue weighted by atomic mass is 32.1. The lowest BCUT2D eigenvalue weighted by molar-refractivity contribution is -0.132. The second-order valence-electron chi connectivity index (χ2n) is 7.65. The van der Waals surface area contributed by atoms with Gasteiger partial charge in [-0.15, -0.1) is 10.2 Å². The zero-order chi connectivity index (χ0) is 24.2. The van der Waals surface area contributed by atoms with Crippen LogP contribution >= 0.6 is 11.3 Å². The first-order valence-electron chi connectivity index (χ1n) is 11.0. The topological polar surface area (TPSA) is 102 Å². The van der Waals surface area contributed by atoms with Gasteiger partial charge >= 0.3 is 5.91 Å². The SMILES string of the molecule is CCCOc1cccc(C2C(=C(O)c3ccc(OCC)cc3)C(=O)C(=O)N2c2nnc(C)s2)c1. The van der Waals surface area contributed by atoms with Crippen LogP contribution in [0.15, 0.2) is 54.1 Å². The number of nitrogens with zero attached hydrogens (tertiary/aromatic N) is 3. The molecule has 0 spiro atoms. The molecule has 8 nitrogen and oxygen atoms in total. The van der Waals surface area contributed by atoms with Crippen molar-refractivity contribution in [1.29, 1.82) is 0 Å². The molecule has 1 saturated heterocycles. The van der Waals surface area contributed by atoms with Gasteiger partial charge in [0.05, 0.1) is 24.8 Å². The van der Waals surface area contributed by atoms with Crippen molar-refractivity contribution in [2.24, 2.45) is 0 Å². The minimum absolute atomic E-state index is 0.0188. The van der Waals surface area contributed by atoms with E-state index in [1.165, 1.54) is 16.2 Å². The molecular formula is C25H25N3O5S. The monoisotopic (exact) mass is 479 g/mol. The van der Waals surface area contributed by atoms with Crippen molar-refractivity contribution in [3.8, 4) is 11.5 Å². The molecule has 1 unspecified atom stereocenters. The van der Waals surface area contributed by atoms with Crippen LogP contribution < -0.4 is 14.4 Å². The second kappa shape index (κ2) is 10.0. The highest BCUT2D eigenvalue weighted by molar-refractivity contribution is 7.15. The molecule has 1 atom stereocenters. The van der Waals surface area contributed by atoms with Crippen molar-refractivity contribution in [3.63, 3.8) is 0 Å². The summed E-state index contributed by atoms with van der Waals surface area (Å²) in [7, 11) is 0. The number of benzene rings is 2. The van der Waals surface area contributed by atoms with Gasteiger partial charge in [-0.1, -0.05) is 30.4 Å². The number of carbonyl (C=O) groups excluding carboxylic acids is 2. The summed E-state index contributed by atoms with van der Waals surface area (Å²) in [5.74, 6) is -0.576. The zero-order valence-electron chi connectivity index (χ0n) is 19.1. The van der Waals surface area contributed by atoms with E-state index >= 15 is 0 Å². The zero-order valence-corrected chi connectivity index (χ0v) is 20.0. The quantitative estimate of drug-likeness (QED) is 0.285. The minimum atomic E-state index is -0.885. The number of carbonyl (C=O) groups is 2. The Balaban J connectivity index is 1.86. The van der Waals surface area contributed by atoms with Crippen LogP contribution in [0.5, 0.6) is 11.5 Å². The average Bonchev–Trinajstić information content (AvgIpc) is 3.38. The first-order chi connectivity index (χ1) is 16.4. The standard InChI is InChI=1S/C25H25N3O5S/c1-4-13-33-19-8-6-7-17(14-19)21-20(22(29)16-9-11-18(12-10-16)32-5-2)23(30)24(31)28(21)25-27-26-15(3)34-25/h6-12,14,21,29H,4-5,13H2,1-3H3. The van der Waals surface area contributed by atoms with Crippen molar-refractivity contribution in [3.05, 3.63) is 70.2 Å². The molecule has 1 N–H and O–H groups in total. The maximum absolute atomic E-state index is 13.2. The van der Waals surface area contributed by atoms with Crippen molar-refractivity contribution >= 4 is 33.9 Å². The van der Waals surface area contributed by atoms with Crippen LogP contribution in [0.25, 0.3) is 5.76 Å². The van der Waals surface area contributed by atoms with Gasteiger partial charge in [-0.3, -0.25) is 14.5 Å². The van der Waals surface area contributed by atoms with Gasteiger partial charge in [-0.25, -0.2) is 0 Å². The van der Waals surface area contributed by atoms with E-state index in [0.717, 1.165) is 6.42 Å². The van der Waals surface area contributed by atoms with Gasteiger partial charge in [0.1, 0.15) is 22.3 Å². The Kier molecular flexibility index (Phi) is 6.93. The molecule has 1 fully saturated rings. The summed E-state index contributed by atoms with van der Waals surface area (Å²) in [6.45, 7) is 6.70. The van der Waals surface area contributed by atoms with E-state index in [2.05, 4.69) is 10.2 Å². The third-order valence-electron chi connectivity index (χ3n) is 5.25. The molecule has 2 heterocycles. The Morgan fingerprint density at radius 3 is 2.47 bits per heavy atom. The fraction of sp³-hybridized carbons (Fsp3) is 0.280. The molecule has 34 heavy (non-hydrogen) atoms. The smallest absolute Gasteiger partial charge is 0.301 e. The summed E-state index contributed by atoms with van der Waals surface area (Å²) in [6.07, 6.45) is 0.838. The first-order valence-corrected chi connectivity index (χ1v) is 11.8. The summed E-state index contributed by atoms with van der Waals surface area (Å²) in [4.78, 5) is 27.7. The number of aromatic nitrogens is 2. The highest BCUT2D eigenvalue weighted by Gasteiger charge is 2.48. The maximum Gasteiger partial charge on any atom is 0.301 e. The molecule has 1 aliphatic rings. The van der Waals surface area contributed by atoms with E-state index in [1.54, 1.807) is 49.4 Å². The lowest BCUT2D eigenvalue weighted by atomic mass is 9.95. The second-order valence-corrected chi connectivity index (χ2v) is 8.81. The van der Waals surface area contributed by atoms with Crippen LogP contribution in [-0.4, -0.2) is 40.2 Å². The Morgan fingerprint density at radius 1 is 1.06 bits per heavy atom. The van der Waals surface area contributed by atoms with Crippen LogP contribution in [0, 0.1) is 6.92 Å². The van der Waals surface area contributed by atoms with E-state index in [-0.39, 0.29) is 16.5 Å². The molecule has 9 heteroatoms. The number of Topliss-reactive ketones (excluding diaryl/α,β-unsaturated/α-hetero) is 1. The van der Waals surface area contributed by atoms with Crippen LogP contribution in [0.4, 0.5) is 5.13 Å². The number of aliphatic hydroxyl groups is 1. The maximum atomic E-state index is 13.2. The molecule has 0 saturated carbocycles. The normalized spacial score (nSPS) is 17.3. The summed E-state index contributed by atoms with van der Waals surface area (Å²) in [5, 5.41) is 20.3. The average molecular weight is 480 g/mol. The number of ketones is 1. The molecule has 0 bridgehead atoms. The molecule has 2 aromatic carbocycles. The molecule has 1 aromatic heterocycles. The van der Waals surface area contributed by atoms with Gasteiger partial charge in [0.15, 0.2) is 0 Å². The number of hydrogen-bond donors (Lipinski definition) is 1. The van der Waals surface area contributed by atoms with E-state index < -0.39 is 17.7 Å². The Hall–Kier alpha value is -3.72. The van der Waals surface area contributed by atoms with E-state index in [4.69, 9.17) is 9.47 Å². The van der Waals surface area contributed by atoms with Crippen LogP contribution in [0.1, 0.15) is 42.4 Å². The van der Waals surface area contributed by atoms with Gasteiger partial charge in [0, 0.05) is 5.56 Å². The summed E-state index contributed by atoms with van der Waals surface area (Å²) in [6, 6.07) is 13.0. The van der Waals surface area contributed by atoms with Crippen molar-refractivity contribution < 1.29 is 24.2 Å². The Bertz CT molecular complexity index is 1240. The highest BCUT2D eigenvalue weighted by Crippen LogP contribution is 2.43. The third kappa shape index (κ3) is 4.51.